The van der Waals surface area contributed by atoms with E-state index in [-0.39, 0.29) is 5.91 Å². The van der Waals surface area contributed by atoms with Crippen molar-refractivity contribution in [3.05, 3.63) is 46.8 Å². The van der Waals surface area contributed by atoms with Gasteiger partial charge < -0.3 is 4.90 Å². The summed E-state index contributed by atoms with van der Waals surface area (Å²) in [6.45, 7) is 0. The van der Waals surface area contributed by atoms with E-state index < -0.39 is 0 Å². The Morgan fingerprint density at radius 1 is 1.30 bits per heavy atom. The molecular formula is C15H12BrIN4OS. The van der Waals surface area contributed by atoms with Gasteiger partial charge in [0.2, 0.25) is 0 Å². The quantitative estimate of drug-likeness (QED) is 0.498. The molecule has 2 heterocycles. The Morgan fingerprint density at radius 2 is 2.00 bits per heavy atom. The van der Waals surface area contributed by atoms with E-state index in [1.807, 2.05) is 34.4 Å². The highest BCUT2D eigenvalue weighted by atomic mass is 127. The molecule has 2 aromatic heterocycles. The maximum atomic E-state index is 12.0. The van der Waals surface area contributed by atoms with E-state index in [0.717, 1.165) is 22.3 Å². The Kier molecular flexibility index (Phi) is 4.93. The van der Waals surface area contributed by atoms with E-state index in [1.165, 1.54) is 9.12 Å². The van der Waals surface area contributed by atoms with Crippen molar-refractivity contribution in [2.75, 3.05) is 14.1 Å². The molecule has 0 saturated heterocycles. The van der Waals surface area contributed by atoms with Crippen molar-refractivity contribution in [1.29, 1.82) is 0 Å². The summed E-state index contributed by atoms with van der Waals surface area (Å²) >= 11 is 5.59. The molecular weight excluding hydrogens is 491 g/mol. The van der Waals surface area contributed by atoms with Crippen LogP contribution in [0.5, 0.6) is 0 Å². The minimum absolute atomic E-state index is 0.00988. The fraction of sp³-hybridized carbons (Fsp3) is 0.133. The molecule has 0 spiro atoms. The van der Waals surface area contributed by atoms with Gasteiger partial charge in [-0.2, -0.15) is 0 Å². The largest absolute Gasteiger partial charge is 0.345 e. The number of nitrogens with zero attached hydrogens (tertiary/aromatic N) is 4. The maximum absolute atomic E-state index is 12.0. The molecule has 0 aliphatic heterocycles. The van der Waals surface area contributed by atoms with Crippen molar-refractivity contribution in [3.8, 4) is 11.1 Å². The highest BCUT2D eigenvalue weighted by molar-refractivity contribution is 14.2. The van der Waals surface area contributed by atoms with Gasteiger partial charge in [0.1, 0.15) is 10.1 Å². The first-order valence-electron chi connectivity index (χ1n) is 6.66. The summed E-state index contributed by atoms with van der Waals surface area (Å²) in [4.78, 5) is 22.5. The van der Waals surface area contributed by atoms with Gasteiger partial charge in [0.25, 0.3) is 5.91 Å². The van der Waals surface area contributed by atoms with Gasteiger partial charge in [-0.1, -0.05) is 12.1 Å². The van der Waals surface area contributed by atoms with E-state index in [1.54, 1.807) is 25.2 Å². The van der Waals surface area contributed by atoms with Crippen LogP contribution in [-0.4, -0.2) is 38.8 Å². The fourth-order valence-electron chi connectivity index (χ4n) is 2.26. The van der Waals surface area contributed by atoms with Crippen LogP contribution < -0.4 is 0 Å². The van der Waals surface area contributed by atoms with E-state index in [0.29, 0.717) is 10.2 Å². The van der Waals surface area contributed by atoms with E-state index in [9.17, 15) is 4.79 Å². The third-order valence-corrected chi connectivity index (χ3v) is 5.44. The lowest BCUT2D eigenvalue weighted by Gasteiger charge is -2.10. The SMILES string of the molecule is CN(C)C(=O)c1ccc(-c2cn(SI)c3ncc(Br)nc23)cc1. The molecule has 0 aliphatic carbocycles. The second kappa shape index (κ2) is 6.78. The number of hydrogen-bond donors (Lipinski definition) is 0. The van der Waals surface area contributed by atoms with Gasteiger partial charge in [0.05, 0.1) is 6.20 Å². The van der Waals surface area contributed by atoms with Crippen LogP contribution in [-0.2, 0) is 0 Å². The minimum atomic E-state index is -0.00988. The Balaban J connectivity index is 2.10. The molecule has 0 fully saturated rings. The second-order valence-electron chi connectivity index (χ2n) is 5.08. The number of rotatable bonds is 3. The molecule has 1 aromatic carbocycles. The molecule has 3 rings (SSSR count). The summed E-state index contributed by atoms with van der Waals surface area (Å²) in [6.07, 6.45) is 3.70. The van der Waals surface area contributed by atoms with Gasteiger partial charge in [0, 0.05) is 61.7 Å². The molecule has 118 valence electrons. The normalized spacial score (nSPS) is 11.0. The zero-order valence-electron chi connectivity index (χ0n) is 12.3. The summed E-state index contributed by atoms with van der Waals surface area (Å²) in [5, 5.41) is 0. The van der Waals surface area contributed by atoms with Crippen LogP contribution in [0.2, 0.25) is 0 Å². The Hall–Kier alpha value is -1.13. The maximum Gasteiger partial charge on any atom is 0.253 e. The molecule has 0 N–H and O–H groups in total. The summed E-state index contributed by atoms with van der Waals surface area (Å²) in [7, 11) is 5.03. The lowest BCUT2D eigenvalue weighted by atomic mass is 10.1. The zero-order chi connectivity index (χ0) is 16.6. The molecule has 8 heteroatoms. The molecule has 0 radical (unpaired) electrons. The minimum Gasteiger partial charge on any atom is -0.345 e. The van der Waals surface area contributed by atoms with Crippen molar-refractivity contribution >= 4 is 63.3 Å². The molecule has 0 atom stereocenters. The Labute approximate surface area is 158 Å². The van der Waals surface area contributed by atoms with Gasteiger partial charge in [-0.25, -0.2) is 9.97 Å². The van der Waals surface area contributed by atoms with Crippen LogP contribution >= 0.6 is 46.3 Å². The molecule has 23 heavy (non-hydrogen) atoms. The third-order valence-electron chi connectivity index (χ3n) is 3.36. The third kappa shape index (κ3) is 3.24. The van der Waals surface area contributed by atoms with Crippen molar-refractivity contribution < 1.29 is 4.79 Å². The van der Waals surface area contributed by atoms with Crippen LogP contribution in [0.3, 0.4) is 0 Å². The molecule has 0 aliphatic rings. The van der Waals surface area contributed by atoms with Crippen molar-refractivity contribution in [3.63, 3.8) is 0 Å². The predicted octanol–water partition coefficient (Wildman–Crippen LogP) is 4.41. The predicted molar refractivity (Wildman–Crippen MR) is 106 cm³/mol. The molecule has 0 unspecified atom stereocenters. The molecule has 0 bridgehead atoms. The van der Waals surface area contributed by atoms with E-state index in [4.69, 9.17) is 0 Å². The molecule has 1 amide bonds. The molecule has 0 saturated carbocycles. The van der Waals surface area contributed by atoms with Gasteiger partial charge >= 0.3 is 0 Å². The molecule has 5 nitrogen and oxygen atoms in total. The number of amides is 1. The van der Waals surface area contributed by atoms with Gasteiger partial charge in [-0.15, -0.1) is 0 Å². The molecule has 3 aromatic rings. The van der Waals surface area contributed by atoms with Crippen LogP contribution in [0.1, 0.15) is 10.4 Å². The van der Waals surface area contributed by atoms with Crippen LogP contribution in [0, 0.1) is 0 Å². The van der Waals surface area contributed by atoms with Gasteiger partial charge in [0.15, 0.2) is 5.65 Å². The summed E-state index contributed by atoms with van der Waals surface area (Å²) in [5.41, 5.74) is 4.30. The first kappa shape index (κ1) is 16.7. The first-order valence-corrected chi connectivity index (χ1v) is 10.8. The van der Waals surface area contributed by atoms with Crippen molar-refractivity contribution in [2.45, 2.75) is 0 Å². The first-order chi connectivity index (χ1) is 11.0. The van der Waals surface area contributed by atoms with Gasteiger partial charge in [-0.05, 0) is 33.6 Å². The summed E-state index contributed by atoms with van der Waals surface area (Å²) < 4.78 is 2.67. The number of hydrogen-bond acceptors (Lipinski definition) is 4. The smallest absolute Gasteiger partial charge is 0.253 e. The fourth-order valence-corrected chi connectivity index (χ4v) is 3.78. The topological polar surface area (TPSA) is 51.0 Å². The standard InChI is InChI=1S/C15H12BrIN4OS/c1-20(2)15(22)10-5-3-9(4-6-10)11-8-21(23-17)14-13(11)19-12(16)7-18-14/h3-8H,1-2H3. The lowest BCUT2D eigenvalue weighted by Crippen LogP contribution is -2.21. The Bertz CT molecular complexity index is 879. The number of aromatic nitrogens is 3. The van der Waals surface area contributed by atoms with Crippen LogP contribution in [0.15, 0.2) is 41.3 Å². The van der Waals surface area contributed by atoms with Crippen molar-refractivity contribution in [2.24, 2.45) is 0 Å². The monoisotopic (exact) mass is 502 g/mol. The van der Waals surface area contributed by atoms with E-state index >= 15 is 0 Å². The summed E-state index contributed by atoms with van der Waals surface area (Å²) in [5.74, 6) is -0.00988. The van der Waals surface area contributed by atoms with Crippen LogP contribution in [0.25, 0.3) is 22.3 Å². The number of fused-ring (bicyclic) bond motifs is 1. The van der Waals surface area contributed by atoms with Gasteiger partial charge in [-0.3, -0.25) is 8.77 Å². The number of halogens is 2. The van der Waals surface area contributed by atoms with Crippen LogP contribution in [0.4, 0.5) is 0 Å². The Morgan fingerprint density at radius 3 is 2.61 bits per heavy atom. The average molecular weight is 503 g/mol. The number of carbonyl (C=O) groups excluding carboxylic acids is 1. The average Bonchev–Trinajstić information content (AvgIpc) is 2.92. The zero-order valence-corrected chi connectivity index (χ0v) is 16.9. The second-order valence-corrected chi connectivity index (χ2v) is 7.61. The summed E-state index contributed by atoms with van der Waals surface area (Å²) in [6, 6.07) is 7.56. The highest BCUT2D eigenvalue weighted by Gasteiger charge is 2.15. The van der Waals surface area contributed by atoms with Crippen molar-refractivity contribution in [1.82, 2.24) is 18.8 Å². The lowest BCUT2D eigenvalue weighted by molar-refractivity contribution is 0.0827. The number of carbonyl (C=O) groups is 1. The highest BCUT2D eigenvalue weighted by Crippen LogP contribution is 2.33. The number of benzene rings is 1. The van der Waals surface area contributed by atoms with E-state index in [2.05, 4.69) is 47.1 Å².